The summed E-state index contributed by atoms with van der Waals surface area (Å²) in [7, 11) is 2.87. The number of carbonyl (C=O) groups is 3. The molecular weight excluding hydrogens is 472 g/mol. The molecule has 0 radical (unpaired) electrons. The molecule has 0 bridgehead atoms. The van der Waals surface area contributed by atoms with Crippen molar-refractivity contribution >= 4 is 29.5 Å². The summed E-state index contributed by atoms with van der Waals surface area (Å²) in [4.78, 5) is 34.9. The molecule has 1 saturated carbocycles. The van der Waals surface area contributed by atoms with Gasteiger partial charge in [-0.3, -0.25) is 9.59 Å². The second-order valence-corrected chi connectivity index (χ2v) is 9.80. The van der Waals surface area contributed by atoms with E-state index in [0.29, 0.717) is 25.9 Å². The van der Waals surface area contributed by atoms with E-state index >= 15 is 0 Å². The van der Waals surface area contributed by atoms with Gasteiger partial charge in [-0.25, -0.2) is 4.79 Å². The number of hydrogen-bond acceptors (Lipinski definition) is 9. The van der Waals surface area contributed by atoms with Crippen molar-refractivity contribution in [2.24, 2.45) is 11.8 Å². The van der Waals surface area contributed by atoms with Crippen LogP contribution in [0.5, 0.6) is 0 Å². The van der Waals surface area contributed by atoms with Gasteiger partial charge in [0.15, 0.2) is 6.61 Å². The lowest BCUT2D eigenvalue weighted by Crippen LogP contribution is -2.20. The van der Waals surface area contributed by atoms with Crippen LogP contribution in [-0.2, 0) is 41.6 Å². The van der Waals surface area contributed by atoms with Crippen molar-refractivity contribution in [1.82, 2.24) is 0 Å². The van der Waals surface area contributed by atoms with E-state index in [0.717, 1.165) is 22.6 Å². The Kier molecular flexibility index (Phi) is 13.0. The van der Waals surface area contributed by atoms with E-state index in [1.807, 2.05) is 24.3 Å². The first-order chi connectivity index (χ1) is 16.8. The van der Waals surface area contributed by atoms with Crippen LogP contribution >= 0.6 is 11.8 Å². The maximum absolute atomic E-state index is 12.4. The second-order valence-electron chi connectivity index (χ2n) is 8.57. The number of aliphatic hydroxyl groups excluding tert-OH is 2. The zero-order chi connectivity index (χ0) is 25.6. The number of esters is 2. The number of methoxy groups -OCH3 is 2. The third-order valence-corrected chi connectivity index (χ3v) is 6.96. The number of thioether (sulfide) groups is 1. The number of ketones is 1. The summed E-state index contributed by atoms with van der Waals surface area (Å²) in [5.41, 5.74) is 2.02. The summed E-state index contributed by atoms with van der Waals surface area (Å²) < 4.78 is 14.4. The molecule has 9 heteroatoms. The van der Waals surface area contributed by atoms with Crippen molar-refractivity contribution in [3.8, 4) is 0 Å². The molecule has 194 valence electrons. The molecule has 1 aromatic carbocycles. The van der Waals surface area contributed by atoms with Crippen LogP contribution in [0, 0.1) is 11.8 Å². The first-order valence-electron chi connectivity index (χ1n) is 11.8. The monoisotopic (exact) mass is 508 g/mol. The number of benzene rings is 1. The minimum atomic E-state index is -0.740. The van der Waals surface area contributed by atoms with Crippen LogP contribution in [0.4, 0.5) is 0 Å². The van der Waals surface area contributed by atoms with Gasteiger partial charge >= 0.3 is 11.9 Å². The van der Waals surface area contributed by atoms with Gasteiger partial charge in [0.1, 0.15) is 5.78 Å². The SMILES string of the molecule is COCc1cccc(C[C@H](O)/C=C/[C@@H]2[C@H](O)CC(=O)[C@@H]2CCSCCCC(=O)OCC(=O)OC)c1. The molecule has 0 aromatic heterocycles. The third-order valence-electron chi connectivity index (χ3n) is 5.86. The van der Waals surface area contributed by atoms with E-state index in [1.54, 1.807) is 31.0 Å². The predicted octanol–water partition coefficient (Wildman–Crippen LogP) is 2.48. The Morgan fingerprint density at radius 1 is 1.20 bits per heavy atom. The minimum Gasteiger partial charge on any atom is -0.466 e. The Morgan fingerprint density at radius 3 is 2.71 bits per heavy atom. The normalized spacial score (nSPS) is 20.8. The van der Waals surface area contributed by atoms with Gasteiger partial charge < -0.3 is 24.4 Å². The molecule has 1 aliphatic carbocycles. The lowest BCUT2D eigenvalue weighted by Gasteiger charge is -2.18. The fourth-order valence-corrected chi connectivity index (χ4v) is 5.05. The Hall–Kier alpha value is -2.20. The fraction of sp³-hybridized carbons (Fsp3) is 0.577. The molecule has 0 spiro atoms. The van der Waals surface area contributed by atoms with Gasteiger partial charge in [-0.1, -0.05) is 36.4 Å². The maximum Gasteiger partial charge on any atom is 0.344 e. The lowest BCUT2D eigenvalue weighted by molar-refractivity contribution is -0.156. The molecule has 2 rings (SSSR count). The molecule has 0 aliphatic heterocycles. The van der Waals surface area contributed by atoms with Crippen molar-refractivity contribution in [2.45, 2.75) is 50.9 Å². The summed E-state index contributed by atoms with van der Waals surface area (Å²) in [6.45, 7) is 0.133. The van der Waals surface area contributed by atoms with Crippen LogP contribution < -0.4 is 0 Å². The topological polar surface area (TPSA) is 119 Å². The van der Waals surface area contributed by atoms with Crippen LogP contribution in [0.3, 0.4) is 0 Å². The number of aliphatic hydroxyl groups is 2. The Morgan fingerprint density at radius 2 is 1.97 bits per heavy atom. The van der Waals surface area contributed by atoms with Crippen LogP contribution in [0.1, 0.15) is 36.8 Å². The molecule has 0 amide bonds. The average Bonchev–Trinajstić information content (AvgIpc) is 3.10. The highest BCUT2D eigenvalue weighted by atomic mass is 32.2. The van der Waals surface area contributed by atoms with Crippen molar-refractivity contribution in [2.75, 3.05) is 32.3 Å². The van der Waals surface area contributed by atoms with Crippen LogP contribution in [0.25, 0.3) is 0 Å². The first kappa shape index (κ1) is 29.0. The van der Waals surface area contributed by atoms with E-state index in [4.69, 9.17) is 9.47 Å². The predicted molar refractivity (Wildman–Crippen MR) is 133 cm³/mol. The Balaban J connectivity index is 1.74. The smallest absolute Gasteiger partial charge is 0.344 e. The van der Waals surface area contributed by atoms with Crippen LogP contribution in [-0.4, -0.2) is 72.5 Å². The highest BCUT2D eigenvalue weighted by molar-refractivity contribution is 7.99. The summed E-state index contributed by atoms with van der Waals surface area (Å²) in [5, 5.41) is 20.8. The minimum absolute atomic E-state index is 0.0425. The fourth-order valence-electron chi connectivity index (χ4n) is 4.07. The number of carbonyl (C=O) groups excluding carboxylic acids is 3. The van der Waals surface area contributed by atoms with Gasteiger partial charge in [-0.2, -0.15) is 11.8 Å². The second kappa shape index (κ2) is 15.7. The number of hydrogen-bond donors (Lipinski definition) is 2. The zero-order valence-electron chi connectivity index (χ0n) is 20.4. The van der Waals surface area contributed by atoms with Crippen molar-refractivity contribution < 1.29 is 38.8 Å². The number of ether oxygens (including phenoxy) is 3. The van der Waals surface area contributed by atoms with E-state index < -0.39 is 24.1 Å². The van der Waals surface area contributed by atoms with Gasteiger partial charge in [0.25, 0.3) is 0 Å². The molecule has 1 aliphatic rings. The molecule has 1 aromatic rings. The largest absolute Gasteiger partial charge is 0.466 e. The van der Waals surface area contributed by atoms with E-state index in [1.165, 1.54) is 7.11 Å². The quantitative estimate of drug-likeness (QED) is 0.209. The molecule has 8 nitrogen and oxygen atoms in total. The Labute approximate surface area is 211 Å². The first-order valence-corrected chi connectivity index (χ1v) is 12.9. The van der Waals surface area contributed by atoms with E-state index in [2.05, 4.69) is 4.74 Å². The molecule has 0 unspecified atom stereocenters. The van der Waals surface area contributed by atoms with E-state index in [-0.39, 0.29) is 37.1 Å². The Bertz CT molecular complexity index is 856. The van der Waals surface area contributed by atoms with Crippen molar-refractivity contribution in [3.05, 3.63) is 47.5 Å². The van der Waals surface area contributed by atoms with Gasteiger partial charge in [0, 0.05) is 38.2 Å². The molecule has 0 saturated heterocycles. The van der Waals surface area contributed by atoms with Gasteiger partial charge in [-0.05, 0) is 35.5 Å². The summed E-state index contributed by atoms with van der Waals surface area (Å²) in [6.07, 6.45) is 4.01. The number of rotatable bonds is 15. The summed E-state index contributed by atoms with van der Waals surface area (Å²) in [5.74, 6) is -0.150. The number of Topliss-reactive ketones (excluding diaryl/α,β-unsaturated/α-hetero) is 1. The highest BCUT2D eigenvalue weighted by Gasteiger charge is 2.39. The third kappa shape index (κ3) is 10.5. The average molecular weight is 509 g/mol. The van der Waals surface area contributed by atoms with Crippen LogP contribution in [0.15, 0.2) is 36.4 Å². The molecular formula is C26H36O8S. The maximum atomic E-state index is 12.4. The van der Waals surface area contributed by atoms with Crippen LogP contribution in [0.2, 0.25) is 0 Å². The standard InChI is InChI=1S/C26H36O8S/c1-32-16-19-6-3-5-18(13-19)14-20(27)8-9-21-22(24(29)15-23(21)28)10-12-35-11-4-7-25(30)34-17-26(31)33-2/h3,5-6,8-9,13,20-23,27-28H,4,7,10-12,14-17H2,1-2H3/b9-8+/t20-,21+,22-,23-/m1/s1. The van der Waals surface area contributed by atoms with Crippen molar-refractivity contribution in [1.29, 1.82) is 0 Å². The van der Waals surface area contributed by atoms with Crippen molar-refractivity contribution in [3.63, 3.8) is 0 Å². The van der Waals surface area contributed by atoms with Gasteiger partial charge in [-0.15, -0.1) is 0 Å². The van der Waals surface area contributed by atoms with Gasteiger partial charge in [0.05, 0.1) is 25.9 Å². The molecule has 2 N–H and O–H groups in total. The van der Waals surface area contributed by atoms with E-state index in [9.17, 15) is 24.6 Å². The molecule has 1 fully saturated rings. The van der Waals surface area contributed by atoms with Gasteiger partial charge in [0.2, 0.25) is 0 Å². The molecule has 0 heterocycles. The summed E-state index contributed by atoms with van der Waals surface area (Å²) >= 11 is 1.63. The molecule has 35 heavy (non-hydrogen) atoms. The lowest BCUT2D eigenvalue weighted by atomic mass is 9.91. The molecule has 4 atom stereocenters. The summed E-state index contributed by atoms with van der Waals surface area (Å²) in [6, 6.07) is 7.84. The highest BCUT2D eigenvalue weighted by Crippen LogP contribution is 2.34. The zero-order valence-corrected chi connectivity index (χ0v) is 21.2.